The van der Waals surface area contributed by atoms with E-state index >= 15 is 0 Å². The molecule has 1 heterocycles. The Morgan fingerprint density at radius 2 is 1.51 bits per heavy atom. The molecule has 2 rings (SSSR count). The van der Waals surface area contributed by atoms with Gasteiger partial charge in [0.05, 0.1) is 0 Å². The maximum Gasteiger partial charge on any atom is 0.306 e. The van der Waals surface area contributed by atoms with Crippen LogP contribution in [0.15, 0.2) is 30.3 Å². The molecule has 12 heteroatoms. The first-order chi connectivity index (χ1) is 18.6. The van der Waals surface area contributed by atoms with Gasteiger partial charge in [-0.15, -0.1) is 11.8 Å². The van der Waals surface area contributed by atoms with Gasteiger partial charge in [-0.05, 0) is 24.2 Å². The molecule has 11 nitrogen and oxygen atoms in total. The van der Waals surface area contributed by atoms with Gasteiger partial charge in [-0.25, -0.2) is 0 Å². The molecule has 1 aliphatic heterocycles. The molecule has 5 atom stereocenters. The van der Waals surface area contributed by atoms with Crippen molar-refractivity contribution in [3.63, 3.8) is 0 Å². The molecule has 1 saturated heterocycles. The highest BCUT2D eigenvalue weighted by Crippen LogP contribution is 2.33. The number of rotatable bonds is 14. The highest BCUT2D eigenvalue weighted by atomic mass is 32.2. The Labute approximate surface area is 232 Å². The summed E-state index contributed by atoms with van der Waals surface area (Å²) in [5, 5.41) is 2.75. The largest absolute Gasteiger partial charge is 0.463 e. The Hall–Kier alpha value is -3.12. The number of amides is 1. The standard InChI is InChI=1S/C27H37NO10S/c1-17(29)28-24-26(37-20(4)32)25(36-19(3)31)22(16-34-18(2)30)38-27(24)39-14-10-6-9-13-23(33)35-15-21-11-7-5-8-12-21/h5,7-8,11-12,22,24-27H,6,9-10,13-16H2,1-4H3,(H,28,29). The smallest absolute Gasteiger partial charge is 0.306 e. The third-order valence-electron chi connectivity index (χ3n) is 5.62. The van der Waals surface area contributed by atoms with Crippen LogP contribution in [0.3, 0.4) is 0 Å². The van der Waals surface area contributed by atoms with Gasteiger partial charge in [0.2, 0.25) is 5.91 Å². The van der Waals surface area contributed by atoms with Crippen molar-refractivity contribution in [2.45, 2.75) is 89.8 Å². The van der Waals surface area contributed by atoms with Crippen molar-refractivity contribution < 1.29 is 47.7 Å². The Balaban J connectivity index is 1.96. The number of hydrogen-bond donors (Lipinski definition) is 1. The zero-order valence-corrected chi connectivity index (χ0v) is 23.5. The molecule has 216 valence electrons. The Kier molecular flexibility index (Phi) is 13.8. The zero-order valence-electron chi connectivity index (χ0n) is 22.7. The summed E-state index contributed by atoms with van der Waals surface area (Å²) < 4.78 is 27.4. The maximum absolute atomic E-state index is 12.0. The fourth-order valence-corrected chi connectivity index (χ4v) is 5.25. The van der Waals surface area contributed by atoms with Crippen molar-refractivity contribution in [1.82, 2.24) is 5.32 Å². The first kappa shape index (κ1) is 32.1. The van der Waals surface area contributed by atoms with Crippen LogP contribution in [0.2, 0.25) is 0 Å². The lowest BCUT2D eigenvalue weighted by Gasteiger charge is -2.45. The van der Waals surface area contributed by atoms with Crippen LogP contribution in [-0.4, -0.2) is 71.9 Å². The van der Waals surface area contributed by atoms with Crippen molar-refractivity contribution in [3.05, 3.63) is 35.9 Å². The summed E-state index contributed by atoms with van der Waals surface area (Å²) in [6, 6.07) is 8.62. The molecule has 1 aromatic rings. The van der Waals surface area contributed by atoms with Crippen LogP contribution in [0.4, 0.5) is 0 Å². The van der Waals surface area contributed by atoms with Crippen LogP contribution in [0.1, 0.15) is 58.9 Å². The average molecular weight is 568 g/mol. The SMILES string of the molecule is CC(=O)NC1C(SCCCCCC(=O)OCc2ccccc2)OC(COC(C)=O)C(OC(C)=O)C1OC(C)=O. The molecular weight excluding hydrogens is 530 g/mol. The van der Waals surface area contributed by atoms with E-state index < -0.39 is 47.7 Å². The van der Waals surface area contributed by atoms with E-state index in [1.54, 1.807) is 0 Å². The Morgan fingerprint density at radius 3 is 2.13 bits per heavy atom. The number of unbranched alkanes of at least 4 members (excludes halogenated alkanes) is 2. The maximum atomic E-state index is 12.0. The topological polar surface area (TPSA) is 144 Å². The van der Waals surface area contributed by atoms with Crippen LogP contribution in [-0.2, 0) is 54.3 Å². The van der Waals surface area contributed by atoms with E-state index in [-0.39, 0.29) is 25.1 Å². The molecule has 0 bridgehead atoms. The first-order valence-corrected chi connectivity index (χ1v) is 13.8. The predicted molar refractivity (Wildman–Crippen MR) is 141 cm³/mol. The normalized spacial score (nSPS) is 22.3. The van der Waals surface area contributed by atoms with E-state index in [0.717, 1.165) is 18.4 Å². The second kappa shape index (κ2) is 16.8. The van der Waals surface area contributed by atoms with Gasteiger partial charge in [0.25, 0.3) is 0 Å². The summed E-state index contributed by atoms with van der Waals surface area (Å²) >= 11 is 1.38. The zero-order chi connectivity index (χ0) is 28.8. The lowest BCUT2D eigenvalue weighted by molar-refractivity contribution is -0.211. The monoisotopic (exact) mass is 567 g/mol. The number of benzene rings is 1. The average Bonchev–Trinajstić information content (AvgIpc) is 2.86. The number of esters is 4. The predicted octanol–water partition coefficient (Wildman–Crippen LogP) is 2.68. The van der Waals surface area contributed by atoms with E-state index in [1.165, 1.54) is 39.5 Å². The molecule has 5 unspecified atom stereocenters. The molecule has 1 N–H and O–H groups in total. The molecule has 1 fully saturated rings. The lowest BCUT2D eigenvalue weighted by atomic mass is 9.97. The fourth-order valence-electron chi connectivity index (χ4n) is 3.99. The second-order valence-corrected chi connectivity index (χ2v) is 10.3. The Bertz CT molecular complexity index is 973. The number of nitrogens with one attached hydrogen (secondary N) is 1. The number of thioether (sulfide) groups is 1. The summed E-state index contributed by atoms with van der Waals surface area (Å²) in [4.78, 5) is 59.2. The van der Waals surface area contributed by atoms with Crippen molar-refractivity contribution in [3.8, 4) is 0 Å². The molecule has 0 aromatic heterocycles. The van der Waals surface area contributed by atoms with E-state index in [1.807, 2.05) is 30.3 Å². The van der Waals surface area contributed by atoms with Crippen LogP contribution in [0, 0.1) is 0 Å². The van der Waals surface area contributed by atoms with Crippen molar-refractivity contribution in [2.75, 3.05) is 12.4 Å². The van der Waals surface area contributed by atoms with Crippen molar-refractivity contribution in [2.24, 2.45) is 0 Å². The third kappa shape index (κ3) is 12.1. The summed E-state index contributed by atoms with van der Waals surface area (Å²) in [5.74, 6) is -1.89. The third-order valence-corrected chi connectivity index (χ3v) is 6.88. The number of ether oxygens (including phenoxy) is 5. The molecule has 0 saturated carbocycles. The van der Waals surface area contributed by atoms with Gasteiger partial charge in [-0.1, -0.05) is 36.8 Å². The highest BCUT2D eigenvalue weighted by molar-refractivity contribution is 7.99. The first-order valence-electron chi connectivity index (χ1n) is 12.8. The van der Waals surface area contributed by atoms with Crippen LogP contribution >= 0.6 is 11.8 Å². The van der Waals surface area contributed by atoms with Gasteiger partial charge in [0, 0.05) is 34.1 Å². The fraction of sp³-hybridized carbons (Fsp3) is 0.593. The Morgan fingerprint density at radius 1 is 0.846 bits per heavy atom. The minimum atomic E-state index is -1.11. The van der Waals surface area contributed by atoms with Gasteiger partial charge in [0.1, 0.15) is 30.8 Å². The quantitative estimate of drug-likeness (QED) is 0.201. The molecule has 1 aliphatic rings. The molecule has 39 heavy (non-hydrogen) atoms. The molecule has 1 amide bonds. The number of carbonyl (C=O) groups excluding carboxylic acids is 5. The highest BCUT2D eigenvalue weighted by Gasteiger charge is 2.50. The van der Waals surface area contributed by atoms with Crippen LogP contribution in [0.5, 0.6) is 0 Å². The summed E-state index contributed by atoms with van der Waals surface area (Å²) in [7, 11) is 0. The van der Waals surface area contributed by atoms with Gasteiger partial charge in [-0.2, -0.15) is 0 Å². The molecule has 0 aliphatic carbocycles. The molecule has 1 aromatic carbocycles. The van der Waals surface area contributed by atoms with Gasteiger partial charge >= 0.3 is 23.9 Å². The van der Waals surface area contributed by atoms with E-state index in [4.69, 9.17) is 23.7 Å². The second-order valence-electron chi connectivity index (χ2n) is 9.05. The molecule has 0 radical (unpaired) electrons. The van der Waals surface area contributed by atoms with E-state index in [9.17, 15) is 24.0 Å². The summed E-state index contributed by atoms with van der Waals surface area (Å²) in [6.07, 6.45) is -0.662. The summed E-state index contributed by atoms with van der Waals surface area (Å²) in [6.45, 7) is 4.95. The molecular formula is C27H37NO10S. The minimum absolute atomic E-state index is 0.236. The van der Waals surface area contributed by atoms with E-state index in [2.05, 4.69) is 5.32 Å². The van der Waals surface area contributed by atoms with Crippen LogP contribution in [0.25, 0.3) is 0 Å². The lowest BCUT2D eigenvalue weighted by Crippen LogP contribution is -2.65. The van der Waals surface area contributed by atoms with Crippen molar-refractivity contribution >= 4 is 41.5 Å². The van der Waals surface area contributed by atoms with E-state index in [0.29, 0.717) is 18.6 Å². The van der Waals surface area contributed by atoms with Crippen LogP contribution < -0.4 is 5.32 Å². The number of carbonyl (C=O) groups is 5. The van der Waals surface area contributed by atoms with Crippen molar-refractivity contribution in [1.29, 1.82) is 0 Å². The van der Waals surface area contributed by atoms with Gasteiger partial charge < -0.3 is 29.0 Å². The molecule has 0 spiro atoms. The van der Waals surface area contributed by atoms with Gasteiger partial charge in [-0.3, -0.25) is 24.0 Å². The summed E-state index contributed by atoms with van der Waals surface area (Å²) in [5.41, 5.74) is 0.236. The minimum Gasteiger partial charge on any atom is -0.463 e. The van der Waals surface area contributed by atoms with Gasteiger partial charge in [0.15, 0.2) is 12.2 Å². The number of hydrogen-bond acceptors (Lipinski definition) is 11.